The van der Waals surface area contributed by atoms with E-state index in [1.165, 1.54) is 6.33 Å². The quantitative estimate of drug-likeness (QED) is 0.852. The van der Waals surface area contributed by atoms with E-state index in [0.29, 0.717) is 11.1 Å². The highest BCUT2D eigenvalue weighted by Crippen LogP contribution is 2.32. The molecule has 5 heteroatoms. The minimum atomic E-state index is 0.145. The van der Waals surface area contributed by atoms with Gasteiger partial charge in [-0.25, -0.2) is 9.97 Å². The third kappa shape index (κ3) is 2.45. The van der Waals surface area contributed by atoms with Crippen molar-refractivity contribution in [3.8, 4) is 0 Å². The third-order valence-electron chi connectivity index (χ3n) is 3.71. The average molecular weight is 270 g/mol. The summed E-state index contributed by atoms with van der Waals surface area (Å²) in [6.45, 7) is 5.37. The number of rotatable bonds is 4. The summed E-state index contributed by atoms with van der Waals surface area (Å²) in [5.41, 5.74) is 1.01. The van der Waals surface area contributed by atoms with Crippen molar-refractivity contribution in [2.24, 2.45) is 5.92 Å². The molecule has 2 unspecified atom stereocenters. The first kappa shape index (κ1) is 13.6. The molecule has 1 aromatic rings. The molecule has 1 aromatic heterocycles. The van der Waals surface area contributed by atoms with E-state index in [2.05, 4.69) is 28.7 Å². The van der Waals surface area contributed by atoms with Crippen molar-refractivity contribution in [3.63, 3.8) is 0 Å². The van der Waals surface area contributed by atoms with E-state index in [1.54, 1.807) is 0 Å². The first-order valence-corrected chi connectivity index (χ1v) is 6.93. The van der Waals surface area contributed by atoms with Crippen molar-refractivity contribution in [2.45, 2.75) is 39.2 Å². The number of halogens is 1. The number of hydrogen-bond donors (Lipinski definition) is 1. The zero-order valence-corrected chi connectivity index (χ0v) is 11.7. The lowest BCUT2D eigenvalue weighted by Crippen LogP contribution is -2.36. The number of anilines is 1. The standard InChI is InChI=1S/C13H20ClN3O/c1-3-4-10-12(14)15-8-16-13(10)17-6-5-9(2)11(17)7-18/h8-9,11,18H,3-7H2,1-2H3. The molecule has 1 fully saturated rings. The summed E-state index contributed by atoms with van der Waals surface area (Å²) in [5, 5.41) is 10.1. The lowest BCUT2D eigenvalue weighted by Gasteiger charge is -2.28. The Hall–Kier alpha value is -0.870. The molecule has 4 nitrogen and oxygen atoms in total. The number of aliphatic hydroxyl groups excluding tert-OH is 1. The topological polar surface area (TPSA) is 49.2 Å². The predicted octanol–water partition coefficient (Wildman–Crippen LogP) is 2.29. The minimum Gasteiger partial charge on any atom is -0.394 e. The van der Waals surface area contributed by atoms with Crippen molar-refractivity contribution in [1.82, 2.24) is 9.97 Å². The van der Waals surface area contributed by atoms with Crippen LogP contribution in [0.4, 0.5) is 5.82 Å². The Labute approximate surface area is 113 Å². The van der Waals surface area contributed by atoms with Crippen LogP contribution < -0.4 is 4.90 Å². The van der Waals surface area contributed by atoms with Crippen molar-refractivity contribution < 1.29 is 5.11 Å². The molecular formula is C13H20ClN3O. The van der Waals surface area contributed by atoms with Crippen LogP contribution in [-0.4, -0.2) is 34.3 Å². The molecule has 0 spiro atoms. The van der Waals surface area contributed by atoms with Gasteiger partial charge in [-0.3, -0.25) is 0 Å². The Morgan fingerprint density at radius 2 is 2.28 bits per heavy atom. The van der Waals surface area contributed by atoms with Crippen LogP contribution in [0.2, 0.25) is 5.15 Å². The van der Waals surface area contributed by atoms with Crippen LogP contribution in [0, 0.1) is 5.92 Å². The van der Waals surface area contributed by atoms with Crippen LogP contribution in [0.5, 0.6) is 0 Å². The number of hydrogen-bond acceptors (Lipinski definition) is 4. The van der Waals surface area contributed by atoms with E-state index in [9.17, 15) is 5.11 Å². The van der Waals surface area contributed by atoms with Gasteiger partial charge in [0.15, 0.2) is 0 Å². The molecule has 1 aliphatic rings. The van der Waals surface area contributed by atoms with Gasteiger partial charge in [-0.05, 0) is 18.8 Å². The van der Waals surface area contributed by atoms with Gasteiger partial charge in [0.05, 0.1) is 12.6 Å². The van der Waals surface area contributed by atoms with E-state index in [-0.39, 0.29) is 12.6 Å². The average Bonchev–Trinajstić information content (AvgIpc) is 2.73. The van der Waals surface area contributed by atoms with Crippen LogP contribution in [0.3, 0.4) is 0 Å². The van der Waals surface area contributed by atoms with Crippen molar-refractivity contribution in [1.29, 1.82) is 0 Å². The Bertz CT molecular complexity index is 413. The summed E-state index contributed by atoms with van der Waals surface area (Å²) in [4.78, 5) is 10.6. The smallest absolute Gasteiger partial charge is 0.137 e. The summed E-state index contributed by atoms with van der Waals surface area (Å²) in [6.07, 6.45) is 4.47. The first-order valence-electron chi connectivity index (χ1n) is 6.55. The second kappa shape index (κ2) is 5.85. The molecule has 2 atom stereocenters. The second-order valence-electron chi connectivity index (χ2n) is 4.93. The van der Waals surface area contributed by atoms with Crippen LogP contribution in [0.1, 0.15) is 32.3 Å². The van der Waals surface area contributed by atoms with Crippen molar-refractivity contribution in [2.75, 3.05) is 18.1 Å². The summed E-state index contributed by atoms with van der Waals surface area (Å²) in [6, 6.07) is 0.145. The molecule has 0 aromatic carbocycles. The van der Waals surface area contributed by atoms with E-state index in [1.807, 2.05) is 0 Å². The Morgan fingerprint density at radius 1 is 1.50 bits per heavy atom. The zero-order valence-electron chi connectivity index (χ0n) is 10.9. The van der Waals surface area contributed by atoms with Crippen molar-refractivity contribution in [3.05, 3.63) is 17.0 Å². The number of aromatic nitrogens is 2. The molecule has 2 rings (SSSR count). The van der Waals surface area contributed by atoms with Crippen LogP contribution in [0.25, 0.3) is 0 Å². The minimum absolute atomic E-state index is 0.145. The molecule has 0 saturated carbocycles. The highest BCUT2D eigenvalue weighted by molar-refractivity contribution is 6.30. The molecule has 100 valence electrons. The van der Waals surface area contributed by atoms with Gasteiger partial charge >= 0.3 is 0 Å². The Balaban J connectivity index is 2.35. The van der Waals surface area contributed by atoms with E-state index in [4.69, 9.17) is 11.6 Å². The zero-order chi connectivity index (χ0) is 13.1. The Morgan fingerprint density at radius 3 is 2.94 bits per heavy atom. The lowest BCUT2D eigenvalue weighted by atomic mass is 10.0. The second-order valence-corrected chi connectivity index (χ2v) is 5.28. The van der Waals surface area contributed by atoms with Gasteiger partial charge in [-0.15, -0.1) is 0 Å². The fourth-order valence-corrected chi connectivity index (χ4v) is 2.87. The summed E-state index contributed by atoms with van der Waals surface area (Å²) in [5.74, 6) is 1.39. The maximum Gasteiger partial charge on any atom is 0.137 e. The number of nitrogens with zero attached hydrogens (tertiary/aromatic N) is 3. The molecule has 0 aliphatic carbocycles. The first-order chi connectivity index (χ1) is 8.69. The SMILES string of the molecule is CCCc1c(Cl)ncnc1N1CCC(C)C1CO. The van der Waals surface area contributed by atoms with Crippen LogP contribution >= 0.6 is 11.6 Å². The van der Waals surface area contributed by atoms with E-state index < -0.39 is 0 Å². The van der Waals surface area contributed by atoms with Gasteiger partial charge in [-0.2, -0.15) is 0 Å². The summed E-state index contributed by atoms with van der Waals surface area (Å²) in [7, 11) is 0. The lowest BCUT2D eigenvalue weighted by molar-refractivity contribution is 0.244. The van der Waals surface area contributed by atoms with Gasteiger partial charge in [0.1, 0.15) is 17.3 Å². The maximum absolute atomic E-state index is 9.54. The predicted molar refractivity (Wildman–Crippen MR) is 73.0 cm³/mol. The number of aliphatic hydroxyl groups is 1. The molecule has 0 amide bonds. The largest absolute Gasteiger partial charge is 0.394 e. The molecule has 0 bridgehead atoms. The van der Waals surface area contributed by atoms with Gasteiger partial charge in [0.25, 0.3) is 0 Å². The van der Waals surface area contributed by atoms with E-state index >= 15 is 0 Å². The van der Waals surface area contributed by atoms with E-state index in [0.717, 1.165) is 37.2 Å². The maximum atomic E-state index is 9.54. The molecule has 1 saturated heterocycles. The van der Waals surface area contributed by atoms with Crippen LogP contribution in [-0.2, 0) is 6.42 Å². The fraction of sp³-hybridized carbons (Fsp3) is 0.692. The highest BCUT2D eigenvalue weighted by atomic mass is 35.5. The molecule has 1 N–H and O–H groups in total. The molecule has 2 heterocycles. The Kier molecular flexibility index (Phi) is 4.40. The summed E-state index contributed by atoms with van der Waals surface area (Å²) >= 11 is 6.17. The van der Waals surface area contributed by atoms with Gasteiger partial charge in [0, 0.05) is 12.1 Å². The normalized spacial score (nSPS) is 23.7. The van der Waals surface area contributed by atoms with Gasteiger partial charge in [-0.1, -0.05) is 31.9 Å². The molecule has 0 radical (unpaired) electrons. The molecule has 18 heavy (non-hydrogen) atoms. The fourth-order valence-electron chi connectivity index (χ4n) is 2.64. The highest BCUT2D eigenvalue weighted by Gasteiger charge is 2.33. The monoisotopic (exact) mass is 269 g/mol. The molecular weight excluding hydrogens is 250 g/mol. The third-order valence-corrected chi connectivity index (χ3v) is 4.04. The summed E-state index contributed by atoms with van der Waals surface area (Å²) < 4.78 is 0. The van der Waals surface area contributed by atoms with Crippen LogP contribution in [0.15, 0.2) is 6.33 Å². The van der Waals surface area contributed by atoms with Crippen molar-refractivity contribution >= 4 is 17.4 Å². The van der Waals surface area contributed by atoms with Gasteiger partial charge < -0.3 is 10.0 Å². The van der Waals surface area contributed by atoms with Gasteiger partial charge in [0.2, 0.25) is 0 Å². The molecule has 1 aliphatic heterocycles.